The van der Waals surface area contributed by atoms with Gasteiger partial charge in [-0.1, -0.05) is 64.4 Å². The summed E-state index contributed by atoms with van der Waals surface area (Å²) in [7, 11) is 0. The first kappa shape index (κ1) is 17.0. The number of hydrogen-bond donors (Lipinski definition) is 0. The standard InChI is InChI=1S/C20H28FN/c1-2-3-4-5-16-6-8-17(9-7-16)10-12-19-13-11-18(15-22)14-20(19)21/h11,13-14,16-17H,2-10,12H2,1H3/t16-,17-. The minimum Gasteiger partial charge on any atom is -0.207 e. The molecule has 0 spiro atoms. The number of hydrogen-bond acceptors (Lipinski definition) is 1. The smallest absolute Gasteiger partial charge is 0.127 e. The Hall–Kier alpha value is -1.36. The summed E-state index contributed by atoms with van der Waals surface area (Å²) in [5.74, 6) is 1.49. The summed E-state index contributed by atoms with van der Waals surface area (Å²) < 4.78 is 13.9. The summed E-state index contributed by atoms with van der Waals surface area (Å²) in [6, 6.07) is 6.85. The van der Waals surface area contributed by atoms with E-state index in [-0.39, 0.29) is 5.82 Å². The van der Waals surface area contributed by atoms with E-state index in [0.29, 0.717) is 5.56 Å². The topological polar surface area (TPSA) is 23.8 Å². The minimum atomic E-state index is -0.215. The Morgan fingerprint density at radius 1 is 1.09 bits per heavy atom. The Morgan fingerprint density at radius 2 is 1.77 bits per heavy atom. The zero-order valence-corrected chi connectivity index (χ0v) is 13.8. The molecule has 0 radical (unpaired) electrons. The molecule has 1 aliphatic rings. The molecule has 22 heavy (non-hydrogen) atoms. The molecule has 1 aliphatic carbocycles. The summed E-state index contributed by atoms with van der Waals surface area (Å²) in [4.78, 5) is 0. The first-order valence-corrected chi connectivity index (χ1v) is 8.91. The molecule has 0 saturated heterocycles. The van der Waals surface area contributed by atoms with Gasteiger partial charge < -0.3 is 0 Å². The Morgan fingerprint density at radius 3 is 2.36 bits per heavy atom. The second-order valence-electron chi connectivity index (χ2n) is 6.84. The van der Waals surface area contributed by atoms with E-state index in [1.54, 1.807) is 12.1 Å². The predicted molar refractivity (Wildman–Crippen MR) is 89.0 cm³/mol. The molecule has 0 heterocycles. The normalized spacial score (nSPS) is 21.5. The van der Waals surface area contributed by atoms with Crippen LogP contribution in [-0.2, 0) is 6.42 Å². The van der Waals surface area contributed by atoms with Gasteiger partial charge in [-0.05, 0) is 42.4 Å². The van der Waals surface area contributed by atoms with Gasteiger partial charge in [-0.15, -0.1) is 0 Å². The van der Waals surface area contributed by atoms with Gasteiger partial charge in [0.25, 0.3) is 0 Å². The first-order valence-electron chi connectivity index (χ1n) is 8.91. The summed E-state index contributed by atoms with van der Waals surface area (Å²) in [6.07, 6.45) is 12.7. The molecule has 0 bridgehead atoms. The first-order chi connectivity index (χ1) is 10.7. The lowest BCUT2D eigenvalue weighted by Gasteiger charge is -2.28. The minimum absolute atomic E-state index is 0.215. The highest BCUT2D eigenvalue weighted by atomic mass is 19.1. The molecular weight excluding hydrogens is 273 g/mol. The maximum absolute atomic E-state index is 13.9. The molecule has 1 saturated carbocycles. The summed E-state index contributed by atoms with van der Waals surface area (Å²) in [5.41, 5.74) is 1.18. The Balaban J connectivity index is 1.72. The van der Waals surface area contributed by atoms with Gasteiger partial charge in [0.05, 0.1) is 11.6 Å². The number of halogens is 1. The van der Waals surface area contributed by atoms with Crippen molar-refractivity contribution in [3.05, 3.63) is 35.1 Å². The molecular formula is C20H28FN. The molecule has 1 aromatic carbocycles. The van der Waals surface area contributed by atoms with Gasteiger partial charge in [0, 0.05) is 0 Å². The average Bonchev–Trinajstić information content (AvgIpc) is 2.55. The predicted octanol–water partition coefficient (Wildman–Crippen LogP) is 6.02. The van der Waals surface area contributed by atoms with Crippen LogP contribution in [-0.4, -0.2) is 0 Å². The molecule has 0 N–H and O–H groups in total. The third kappa shape index (κ3) is 5.13. The maximum atomic E-state index is 13.9. The van der Waals surface area contributed by atoms with Crippen molar-refractivity contribution in [2.75, 3.05) is 0 Å². The molecule has 1 nitrogen and oxygen atoms in total. The average molecular weight is 301 g/mol. The zero-order chi connectivity index (χ0) is 15.8. The highest BCUT2D eigenvalue weighted by molar-refractivity contribution is 5.32. The van der Waals surface area contributed by atoms with Crippen molar-refractivity contribution in [2.24, 2.45) is 11.8 Å². The van der Waals surface area contributed by atoms with E-state index in [4.69, 9.17) is 5.26 Å². The van der Waals surface area contributed by atoms with Crippen LogP contribution < -0.4 is 0 Å². The Bertz CT molecular complexity index is 495. The van der Waals surface area contributed by atoms with Crippen molar-refractivity contribution < 1.29 is 4.39 Å². The summed E-state index contributed by atoms with van der Waals surface area (Å²) in [5, 5.41) is 8.77. The lowest BCUT2D eigenvalue weighted by molar-refractivity contribution is 0.248. The van der Waals surface area contributed by atoms with Gasteiger partial charge in [0.2, 0.25) is 0 Å². The second kappa shape index (κ2) is 8.93. The van der Waals surface area contributed by atoms with Crippen LogP contribution in [0.25, 0.3) is 0 Å². The van der Waals surface area contributed by atoms with E-state index in [1.807, 2.05) is 6.07 Å². The maximum Gasteiger partial charge on any atom is 0.127 e. The molecule has 2 heteroatoms. The Kier molecular flexibility index (Phi) is 6.90. The third-order valence-corrected chi connectivity index (χ3v) is 5.19. The van der Waals surface area contributed by atoms with Gasteiger partial charge >= 0.3 is 0 Å². The van der Waals surface area contributed by atoms with Crippen molar-refractivity contribution in [3.8, 4) is 6.07 Å². The van der Waals surface area contributed by atoms with E-state index >= 15 is 0 Å². The van der Waals surface area contributed by atoms with Crippen molar-refractivity contribution in [1.82, 2.24) is 0 Å². The molecule has 0 aliphatic heterocycles. The number of benzene rings is 1. The quantitative estimate of drug-likeness (QED) is 0.565. The van der Waals surface area contributed by atoms with Crippen LogP contribution in [0.15, 0.2) is 18.2 Å². The molecule has 2 rings (SSSR count). The lowest BCUT2D eigenvalue weighted by Crippen LogP contribution is -2.15. The number of unbranched alkanes of at least 4 members (excludes halogenated alkanes) is 2. The fraction of sp³-hybridized carbons (Fsp3) is 0.650. The van der Waals surface area contributed by atoms with E-state index in [2.05, 4.69) is 6.92 Å². The van der Waals surface area contributed by atoms with Crippen molar-refractivity contribution in [2.45, 2.75) is 71.1 Å². The van der Waals surface area contributed by atoms with Crippen molar-refractivity contribution in [1.29, 1.82) is 5.26 Å². The number of nitrogens with zero attached hydrogens (tertiary/aromatic N) is 1. The number of nitriles is 1. The van der Waals surface area contributed by atoms with Crippen LogP contribution in [0.2, 0.25) is 0 Å². The fourth-order valence-electron chi connectivity index (χ4n) is 3.67. The van der Waals surface area contributed by atoms with E-state index in [9.17, 15) is 4.39 Å². The van der Waals surface area contributed by atoms with Crippen LogP contribution in [0.5, 0.6) is 0 Å². The van der Waals surface area contributed by atoms with Crippen LogP contribution in [0, 0.1) is 29.0 Å². The van der Waals surface area contributed by atoms with E-state index < -0.39 is 0 Å². The van der Waals surface area contributed by atoms with Crippen LogP contribution >= 0.6 is 0 Å². The monoisotopic (exact) mass is 301 g/mol. The lowest BCUT2D eigenvalue weighted by atomic mass is 9.78. The molecule has 0 aromatic heterocycles. The van der Waals surface area contributed by atoms with Gasteiger partial charge in [-0.3, -0.25) is 0 Å². The number of rotatable bonds is 7. The summed E-state index contributed by atoms with van der Waals surface area (Å²) in [6.45, 7) is 2.26. The van der Waals surface area contributed by atoms with Gasteiger partial charge in [0.1, 0.15) is 5.82 Å². The summed E-state index contributed by atoms with van der Waals surface area (Å²) >= 11 is 0. The van der Waals surface area contributed by atoms with Gasteiger partial charge in [0.15, 0.2) is 0 Å². The molecule has 120 valence electrons. The zero-order valence-electron chi connectivity index (χ0n) is 13.8. The SMILES string of the molecule is CCCCC[C@H]1CC[C@H](CCc2ccc(C#N)cc2F)CC1. The van der Waals surface area contributed by atoms with E-state index in [0.717, 1.165) is 30.2 Å². The van der Waals surface area contributed by atoms with Gasteiger partial charge in [-0.25, -0.2) is 4.39 Å². The van der Waals surface area contributed by atoms with Crippen molar-refractivity contribution in [3.63, 3.8) is 0 Å². The second-order valence-corrected chi connectivity index (χ2v) is 6.84. The molecule has 0 amide bonds. The highest BCUT2D eigenvalue weighted by Gasteiger charge is 2.21. The van der Waals surface area contributed by atoms with Crippen LogP contribution in [0.4, 0.5) is 4.39 Å². The van der Waals surface area contributed by atoms with Crippen LogP contribution in [0.1, 0.15) is 75.8 Å². The Labute approximate surface area is 134 Å². The van der Waals surface area contributed by atoms with E-state index in [1.165, 1.54) is 57.4 Å². The number of aryl methyl sites for hydroxylation is 1. The van der Waals surface area contributed by atoms with Crippen molar-refractivity contribution >= 4 is 0 Å². The molecule has 0 atom stereocenters. The largest absolute Gasteiger partial charge is 0.207 e. The van der Waals surface area contributed by atoms with Gasteiger partial charge in [-0.2, -0.15) is 5.26 Å². The fourth-order valence-corrected chi connectivity index (χ4v) is 3.67. The third-order valence-electron chi connectivity index (χ3n) is 5.19. The molecule has 1 fully saturated rings. The molecule has 0 unspecified atom stereocenters. The highest BCUT2D eigenvalue weighted by Crippen LogP contribution is 2.34. The molecule has 1 aromatic rings. The van der Waals surface area contributed by atoms with Crippen LogP contribution in [0.3, 0.4) is 0 Å².